The maximum absolute atomic E-state index is 15.4. The lowest BCUT2D eigenvalue weighted by Crippen LogP contribution is -2.42. The summed E-state index contributed by atoms with van der Waals surface area (Å²) in [7, 11) is 0. The summed E-state index contributed by atoms with van der Waals surface area (Å²) in [4.78, 5) is 26.4. The molecule has 1 aliphatic carbocycles. The molecule has 1 aromatic heterocycles. The number of aromatic nitrogens is 1. The standard InChI is InChI=1S/C22H28FN3O4/c1-4-30-20-17-14(19(27)15(21(28)29)11-26(17)13-5-6-13)9-16(23)18(20)25-8-7-12(10-25)22(2,3)24/h9,11-13H,4-8,10,24H2,1-3H3,(H,28,29). The van der Waals surface area contributed by atoms with E-state index >= 15 is 4.39 Å². The second-order valence-electron chi connectivity index (χ2n) is 8.93. The van der Waals surface area contributed by atoms with Crippen LogP contribution in [0.4, 0.5) is 10.1 Å². The van der Waals surface area contributed by atoms with Gasteiger partial charge in [0.05, 0.1) is 17.5 Å². The van der Waals surface area contributed by atoms with Crippen LogP contribution in [0.3, 0.4) is 0 Å². The van der Waals surface area contributed by atoms with Gasteiger partial charge in [0, 0.05) is 30.9 Å². The molecule has 3 N–H and O–H groups in total. The molecular formula is C22H28FN3O4. The Morgan fingerprint density at radius 3 is 2.60 bits per heavy atom. The molecule has 1 unspecified atom stereocenters. The Kier molecular flexibility index (Phi) is 5.00. The molecule has 2 aliphatic rings. The topological polar surface area (TPSA) is 97.8 Å². The Hall–Kier alpha value is -2.61. The number of fused-ring (bicyclic) bond motifs is 1. The highest BCUT2D eigenvalue weighted by Gasteiger charge is 2.36. The second-order valence-corrected chi connectivity index (χ2v) is 8.93. The van der Waals surface area contributed by atoms with Gasteiger partial charge < -0.3 is 25.0 Å². The van der Waals surface area contributed by atoms with Gasteiger partial charge in [-0.15, -0.1) is 0 Å². The van der Waals surface area contributed by atoms with Crippen molar-refractivity contribution in [1.82, 2.24) is 4.57 Å². The first-order chi connectivity index (χ1) is 14.1. The number of anilines is 1. The number of benzene rings is 1. The minimum atomic E-state index is -1.31. The first-order valence-corrected chi connectivity index (χ1v) is 10.4. The van der Waals surface area contributed by atoms with Gasteiger partial charge in [0.15, 0.2) is 11.6 Å². The normalized spacial score (nSPS) is 19.5. The van der Waals surface area contributed by atoms with Crippen molar-refractivity contribution in [3.63, 3.8) is 0 Å². The van der Waals surface area contributed by atoms with Crippen LogP contribution in [0.1, 0.15) is 56.4 Å². The third kappa shape index (κ3) is 3.43. The summed E-state index contributed by atoms with van der Waals surface area (Å²) in [6, 6.07) is 1.25. The van der Waals surface area contributed by atoms with Gasteiger partial charge in [-0.05, 0) is 52.0 Å². The number of carbonyl (C=O) groups is 1. The highest BCUT2D eigenvalue weighted by atomic mass is 19.1. The number of hydrogen-bond acceptors (Lipinski definition) is 5. The Bertz CT molecular complexity index is 1070. The van der Waals surface area contributed by atoms with Crippen molar-refractivity contribution in [2.24, 2.45) is 11.7 Å². The summed E-state index contributed by atoms with van der Waals surface area (Å²) in [5, 5.41) is 9.51. The number of ether oxygens (including phenoxy) is 1. The Balaban J connectivity index is 1.97. The summed E-state index contributed by atoms with van der Waals surface area (Å²) >= 11 is 0. The summed E-state index contributed by atoms with van der Waals surface area (Å²) in [6.07, 6.45) is 3.97. The summed E-state index contributed by atoms with van der Waals surface area (Å²) in [5.74, 6) is -1.39. The van der Waals surface area contributed by atoms with Crippen LogP contribution in [0.5, 0.6) is 5.75 Å². The van der Waals surface area contributed by atoms with E-state index in [-0.39, 0.29) is 28.4 Å². The van der Waals surface area contributed by atoms with Gasteiger partial charge in [0.1, 0.15) is 11.3 Å². The molecular weight excluding hydrogens is 389 g/mol. The van der Waals surface area contributed by atoms with Gasteiger partial charge in [0.25, 0.3) is 0 Å². The molecule has 1 aliphatic heterocycles. The van der Waals surface area contributed by atoms with E-state index in [9.17, 15) is 14.7 Å². The third-order valence-corrected chi connectivity index (χ3v) is 6.21. The minimum absolute atomic E-state index is 0.0430. The fraction of sp³-hybridized carbons (Fsp3) is 0.545. The van der Waals surface area contributed by atoms with Gasteiger partial charge in [-0.1, -0.05) is 0 Å². The van der Waals surface area contributed by atoms with E-state index in [4.69, 9.17) is 10.5 Å². The highest BCUT2D eigenvalue weighted by molar-refractivity contribution is 5.97. The van der Waals surface area contributed by atoms with Crippen molar-refractivity contribution in [1.29, 1.82) is 0 Å². The van der Waals surface area contributed by atoms with Crippen LogP contribution in [-0.4, -0.2) is 40.9 Å². The zero-order chi connectivity index (χ0) is 21.8. The summed E-state index contributed by atoms with van der Waals surface area (Å²) in [6.45, 7) is 7.27. The first-order valence-electron chi connectivity index (χ1n) is 10.4. The number of carboxylic acids is 1. The number of nitrogens with two attached hydrogens (primary N) is 1. The molecule has 1 saturated carbocycles. The average Bonchev–Trinajstić information content (AvgIpc) is 3.37. The van der Waals surface area contributed by atoms with Crippen LogP contribution in [0.2, 0.25) is 0 Å². The molecule has 30 heavy (non-hydrogen) atoms. The number of rotatable bonds is 6. The monoisotopic (exact) mass is 417 g/mol. The minimum Gasteiger partial charge on any atom is -0.489 e. The molecule has 8 heteroatoms. The van der Waals surface area contributed by atoms with E-state index in [1.807, 2.05) is 25.7 Å². The fourth-order valence-corrected chi connectivity index (χ4v) is 4.38. The van der Waals surface area contributed by atoms with Gasteiger partial charge in [-0.3, -0.25) is 4.79 Å². The first kappa shape index (κ1) is 20.7. The molecule has 2 aromatic rings. The Morgan fingerprint density at radius 2 is 2.07 bits per heavy atom. The van der Waals surface area contributed by atoms with E-state index in [1.54, 1.807) is 4.57 Å². The molecule has 2 fully saturated rings. The van der Waals surface area contributed by atoms with Crippen molar-refractivity contribution in [2.45, 2.75) is 51.6 Å². The predicted molar refractivity (Wildman–Crippen MR) is 113 cm³/mol. The number of pyridine rings is 1. The molecule has 0 spiro atoms. The lowest BCUT2D eigenvalue weighted by molar-refractivity contribution is 0.0694. The number of halogens is 1. The zero-order valence-corrected chi connectivity index (χ0v) is 17.6. The quantitative estimate of drug-likeness (QED) is 0.749. The number of carboxylic acid groups (broad SMARTS) is 1. The molecule has 2 heterocycles. The third-order valence-electron chi connectivity index (χ3n) is 6.21. The van der Waals surface area contributed by atoms with Crippen molar-refractivity contribution in [3.8, 4) is 5.75 Å². The number of nitrogens with zero attached hydrogens (tertiary/aromatic N) is 2. The molecule has 0 bridgehead atoms. The molecule has 0 radical (unpaired) electrons. The molecule has 162 valence electrons. The molecule has 0 amide bonds. The second kappa shape index (κ2) is 7.27. The predicted octanol–water partition coefficient (Wildman–Crippen LogP) is 3.14. The largest absolute Gasteiger partial charge is 0.489 e. The number of aromatic carboxylic acids is 1. The van der Waals surface area contributed by atoms with Crippen LogP contribution in [-0.2, 0) is 0 Å². The molecule has 1 saturated heterocycles. The maximum atomic E-state index is 15.4. The lowest BCUT2D eigenvalue weighted by Gasteiger charge is -2.29. The van der Waals surface area contributed by atoms with E-state index < -0.39 is 17.2 Å². The zero-order valence-electron chi connectivity index (χ0n) is 17.6. The van der Waals surface area contributed by atoms with Crippen molar-refractivity contribution in [3.05, 3.63) is 33.9 Å². The van der Waals surface area contributed by atoms with Crippen LogP contribution < -0.4 is 20.8 Å². The number of hydrogen-bond donors (Lipinski definition) is 2. The lowest BCUT2D eigenvalue weighted by atomic mass is 9.88. The SMILES string of the molecule is CCOc1c(N2CCC(C(C)(C)N)C2)c(F)cc2c(=O)c(C(=O)O)cn(C3CC3)c12. The van der Waals surface area contributed by atoms with Crippen LogP contribution >= 0.6 is 0 Å². The molecule has 4 rings (SSSR count). The molecule has 7 nitrogen and oxygen atoms in total. The van der Waals surface area contributed by atoms with Crippen LogP contribution in [0, 0.1) is 11.7 Å². The van der Waals surface area contributed by atoms with E-state index in [2.05, 4.69) is 0 Å². The smallest absolute Gasteiger partial charge is 0.341 e. The highest BCUT2D eigenvalue weighted by Crippen LogP contribution is 2.45. The van der Waals surface area contributed by atoms with Crippen molar-refractivity contribution in [2.75, 3.05) is 24.6 Å². The maximum Gasteiger partial charge on any atom is 0.341 e. The van der Waals surface area contributed by atoms with Gasteiger partial charge in [-0.2, -0.15) is 0 Å². The molecule has 1 aromatic carbocycles. The van der Waals surface area contributed by atoms with E-state index in [0.29, 0.717) is 36.6 Å². The van der Waals surface area contributed by atoms with Gasteiger partial charge >= 0.3 is 5.97 Å². The van der Waals surface area contributed by atoms with Gasteiger partial charge in [0.2, 0.25) is 5.43 Å². The van der Waals surface area contributed by atoms with Crippen LogP contribution in [0.15, 0.2) is 17.1 Å². The van der Waals surface area contributed by atoms with Crippen LogP contribution in [0.25, 0.3) is 10.9 Å². The molecule has 1 atom stereocenters. The fourth-order valence-electron chi connectivity index (χ4n) is 4.38. The Morgan fingerprint density at radius 1 is 1.37 bits per heavy atom. The van der Waals surface area contributed by atoms with Gasteiger partial charge in [-0.25, -0.2) is 9.18 Å². The van der Waals surface area contributed by atoms with E-state index in [1.165, 1.54) is 12.3 Å². The summed E-state index contributed by atoms with van der Waals surface area (Å²) in [5.41, 5.74) is 5.66. The van der Waals surface area contributed by atoms with Crippen molar-refractivity contribution < 1.29 is 19.0 Å². The van der Waals surface area contributed by atoms with Crippen molar-refractivity contribution >= 4 is 22.6 Å². The Labute approximate surface area is 174 Å². The average molecular weight is 417 g/mol. The summed E-state index contributed by atoms with van der Waals surface area (Å²) < 4.78 is 23.1. The van der Waals surface area contributed by atoms with E-state index in [0.717, 1.165) is 19.3 Å².